The summed E-state index contributed by atoms with van der Waals surface area (Å²) in [6, 6.07) is 2.11. The van der Waals surface area contributed by atoms with Crippen molar-refractivity contribution in [1.82, 2.24) is 4.57 Å². The van der Waals surface area contributed by atoms with E-state index in [9.17, 15) is 4.79 Å². The molecule has 0 aromatic carbocycles. The first-order valence-electron chi connectivity index (χ1n) is 4.88. The van der Waals surface area contributed by atoms with E-state index >= 15 is 0 Å². The Labute approximate surface area is 79.6 Å². The quantitative estimate of drug-likeness (QED) is 0.599. The van der Waals surface area contributed by atoms with E-state index < -0.39 is 0 Å². The highest BCUT2D eigenvalue weighted by Gasteiger charge is 2.23. The van der Waals surface area contributed by atoms with Crippen molar-refractivity contribution in [3.05, 3.63) is 23.0 Å². The van der Waals surface area contributed by atoms with Crippen molar-refractivity contribution in [1.29, 1.82) is 0 Å². The number of aryl methyl sites for hydroxylation is 2. The van der Waals surface area contributed by atoms with Crippen LogP contribution in [0, 0.1) is 6.92 Å². The second-order valence-corrected chi connectivity index (χ2v) is 3.14. The van der Waals surface area contributed by atoms with E-state index in [1.54, 1.807) is 0 Å². The SMILES string of the molecule is CC.Cc1cc2c(n1C)C(=O)CC2. The van der Waals surface area contributed by atoms with Gasteiger partial charge < -0.3 is 4.57 Å². The zero-order valence-electron chi connectivity index (χ0n) is 8.85. The van der Waals surface area contributed by atoms with Gasteiger partial charge in [-0.05, 0) is 25.0 Å². The normalized spacial score (nSPS) is 13.7. The van der Waals surface area contributed by atoms with Gasteiger partial charge in [0.25, 0.3) is 0 Å². The highest BCUT2D eigenvalue weighted by Crippen LogP contribution is 2.24. The third kappa shape index (κ3) is 1.53. The van der Waals surface area contributed by atoms with Gasteiger partial charge in [0.15, 0.2) is 5.78 Å². The minimum atomic E-state index is 0.301. The summed E-state index contributed by atoms with van der Waals surface area (Å²) >= 11 is 0. The van der Waals surface area contributed by atoms with E-state index in [4.69, 9.17) is 0 Å². The largest absolute Gasteiger partial charge is 0.345 e. The number of rotatable bonds is 0. The van der Waals surface area contributed by atoms with Gasteiger partial charge in [-0.15, -0.1) is 0 Å². The second kappa shape index (κ2) is 3.77. The van der Waals surface area contributed by atoms with Gasteiger partial charge in [0, 0.05) is 19.2 Å². The van der Waals surface area contributed by atoms with Crippen LogP contribution >= 0.6 is 0 Å². The van der Waals surface area contributed by atoms with Crippen molar-refractivity contribution < 1.29 is 4.79 Å². The van der Waals surface area contributed by atoms with Gasteiger partial charge in [-0.25, -0.2) is 0 Å². The molecule has 0 aliphatic heterocycles. The van der Waals surface area contributed by atoms with Gasteiger partial charge in [-0.1, -0.05) is 13.8 Å². The standard InChI is InChI=1S/C9H11NO.C2H6/c1-6-5-7-3-4-8(11)9(7)10(6)2;1-2/h5H,3-4H2,1-2H3;1-2H3. The Morgan fingerprint density at radius 3 is 2.46 bits per heavy atom. The molecule has 0 radical (unpaired) electrons. The number of ketones is 1. The molecular formula is C11H17NO. The number of nitrogens with zero attached hydrogens (tertiary/aromatic N) is 1. The van der Waals surface area contributed by atoms with E-state index in [2.05, 4.69) is 6.07 Å². The Morgan fingerprint density at radius 2 is 1.92 bits per heavy atom. The summed E-state index contributed by atoms with van der Waals surface area (Å²) in [6.45, 7) is 6.03. The highest BCUT2D eigenvalue weighted by molar-refractivity contribution is 5.99. The molecular weight excluding hydrogens is 162 g/mol. The number of Topliss-reactive ketones (excluding diaryl/α,β-unsaturated/α-hetero) is 1. The van der Waals surface area contributed by atoms with Gasteiger partial charge in [0.2, 0.25) is 0 Å². The minimum Gasteiger partial charge on any atom is -0.345 e. The Hall–Kier alpha value is -1.05. The molecule has 13 heavy (non-hydrogen) atoms. The predicted molar refractivity (Wildman–Crippen MR) is 54.1 cm³/mol. The molecule has 0 N–H and O–H groups in total. The summed E-state index contributed by atoms with van der Waals surface area (Å²) in [7, 11) is 1.96. The van der Waals surface area contributed by atoms with Crippen LogP contribution < -0.4 is 0 Å². The van der Waals surface area contributed by atoms with E-state index in [1.807, 2.05) is 32.4 Å². The fourth-order valence-electron chi connectivity index (χ4n) is 1.73. The maximum absolute atomic E-state index is 11.3. The van der Waals surface area contributed by atoms with Gasteiger partial charge in [-0.2, -0.15) is 0 Å². The third-order valence-corrected chi connectivity index (χ3v) is 2.44. The van der Waals surface area contributed by atoms with Crippen LogP contribution in [0.2, 0.25) is 0 Å². The fraction of sp³-hybridized carbons (Fsp3) is 0.545. The summed E-state index contributed by atoms with van der Waals surface area (Å²) < 4.78 is 1.99. The lowest BCUT2D eigenvalue weighted by molar-refractivity contribution is 0.0987. The lowest BCUT2D eigenvalue weighted by Crippen LogP contribution is -2.02. The summed E-state index contributed by atoms with van der Waals surface area (Å²) in [6.07, 6.45) is 1.65. The Balaban J connectivity index is 0.000000396. The first kappa shape index (κ1) is 10.0. The highest BCUT2D eigenvalue weighted by atomic mass is 16.1. The van der Waals surface area contributed by atoms with Crippen LogP contribution in [0.25, 0.3) is 0 Å². The van der Waals surface area contributed by atoms with Gasteiger partial charge in [0.05, 0.1) is 5.69 Å². The van der Waals surface area contributed by atoms with Crippen molar-refractivity contribution in [2.45, 2.75) is 33.6 Å². The molecule has 0 saturated carbocycles. The molecule has 2 rings (SSSR count). The number of hydrogen-bond acceptors (Lipinski definition) is 1. The average molecular weight is 179 g/mol. The number of fused-ring (bicyclic) bond motifs is 1. The topological polar surface area (TPSA) is 22.0 Å². The van der Waals surface area contributed by atoms with Crippen molar-refractivity contribution in [3.63, 3.8) is 0 Å². The Morgan fingerprint density at radius 1 is 1.31 bits per heavy atom. The maximum Gasteiger partial charge on any atom is 0.179 e. The number of hydrogen-bond donors (Lipinski definition) is 0. The van der Waals surface area contributed by atoms with Crippen LogP contribution in [-0.4, -0.2) is 10.4 Å². The number of carbonyl (C=O) groups is 1. The van der Waals surface area contributed by atoms with Crippen molar-refractivity contribution >= 4 is 5.78 Å². The van der Waals surface area contributed by atoms with Crippen molar-refractivity contribution in [2.75, 3.05) is 0 Å². The first-order valence-corrected chi connectivity index (χ1v) is 4.88. The summed E-state index contributed by atoms with van der Waals surface area (Å²) in [5, 5.41) is 0. The molecule has 1 aromatic rings. The van der Waals surface area contributed by atoms with Crippen LogP contribution in [0.5, 0.6) is 0 Å². The second-order valence-electron chi connectivity index (χ2n) is 3.14. The molecule has 0 amide bonds. The first-order chi connectivity index (χ1) is 6.20. The smallest absolute Gasteiger partial charge is 0.179 e. The lowest BCUT2D eigenvalue weighted by Gasteiger charge is -1.98. The molecule has 1 aliphatic carbocycles. The predicted octanol–water partition coefficient (Wildman–Crippen LogP) is 2.49. The van der Waals surface area contributed by atoms with Gasteiger partial charge in [0.1, 0.15) is 0 Å². The molecule has 0 bridgehead atoms. The number of carbonyl (C=O) groups excluding carboxylic acids is 1. The zero-order chi connectivity index (χ0) is 10.0. The monoisotopic (exact) mass is 179 g/mol. The molecule has 0 spiro atoms. The van der Waals surface area contributed by atoms with E-state index in [0.717, 1.165) is 12.1 Å². The summed E-state index contributed by atoms with van der Waals surface area (Å²) in [5.41, 5.74) is 3.35. The van der Waals surface area contributed by atoms with Crippen LogP contribution in [0.1, 0.15) is 42.0 Å². The zero-order valence-corrected chi connectivity index (χ0v) is 8.85. The molecule has 2 nitrogen and oxygen atoms in total. The van der Waals surface area contributed by atoms with Gasteiger partial charge >= 0.3 is 0 Å². The molecule has 1 aromatic heterocycles. The van der Waals surface area contributed by atoms with Crippen LogP contribution in [0.3, 0.4) is 0 Å². The average Bonchev–Trinajstić information content (AvgIpc) is 2.61. The minimum absolute atomic E-state index is 0.301. The van der Waals surface area contributed by atoms with Crippen LogP contribution in [-0.2, 0) is 13.5 Å². The number of aromatic nitrogens is 1. The molecule has 2 heteroatoms. The van der Waals surface area contributed by atoms with E-state index in [0.29, 0.717) is 12.2 Å². The molecule has 1 aliphatic rings. The molecule has 0 fully saturated rings. The Kier molecular flexibility index (Phi) is 2.91. The molecule has 0 atom stereocenters. The van der Waals surface area contributed by atoms with E-state index in [-0.39, 0.29) is 0 Å². The van der Waals surface area contributed by atoms with Crippen molar-refractivity contribution in [3.8, 4) is 0 Å². The summed E-state index contributed by atoms with van der Waals surface area (Å²) in [5.74, 6) is 0.301. The third-order valence-electron chi connectivity index (χ3n) is 2.44. The maximum atomic E-state index is 11.3. The molecule has 72 valence electrons. The molecule has 1 heterocycles. The molecule has 0 saturated heterocycles. The van der Waals surface area contributed by atoms with E-state index in [1.165, 1.54) is 11.3 Å². The van der Waals surface area contributed by atoms with Crippen molar-refractivity contribution in [2.24, 2.45) is 7.05 Å². The fourth-order valence-corrected chi connectivity index (χ4v) is 1.73. The lowest BCUT2D eigenvalue weighted by atomic mass is 10.2. The van der Waals surface area contributed by atoms with Crippen LogP contribution in [0.4, 0.5) is 0 Å². The summed E-state index contributed by atoms with van der Waals surface area (Å²) in [4.78, 5) is 11.3. The van der Waals surface area contributed by atoms with Gasteiger partial charge in [-0.3, -0.25) is 4.79 Å². The molecule has 0 unspecified atom stereocenters. The van der Waals surface area contributed by atoms with Crippen LogP contribution in [0.15, 0.2) is 6.07 Å². The Bertz CT molecular complexity index is 323.